The third kappa shape index (κ3) is 2.76. The molecule has 1 saturated heterocycles. The molecule has 2 heterocycles. The van der Waals surface area contributed by atoms with Crippen LogP contribution in [-0.2, 0) is 14.3 Å². The van der Waals surface area contributed by atoms with Gasteiger partial charge in [-0.1, -0.05) is 0 Å². The standard InChI is InChI=1S/C12H18N4O3/c1-7-8(2)14-15-11(7)13-12(18)10-6-19-5-4-16(10)9(3)17/h10H,4-6H2,1-3H3,(H2,13,14,15,18). The summed E-state index contributed by atoms with van der Waals surface area (Å²) in [7, 11) is 0. The number of nitrogens with one attached hydrogen (secondary N) is 2. The van der Waals surface area contributed by atoms with Gasteiger partial charge in [-0.15, -0.1) is 0 Å². The minimum atomic E-state index is -0.595. The average molecular weight is 266 g/mol. The normalized spacial score (nSPS) is 19.3. The van der Waals surface area contributed by atoms with Crippen molar-refractivity contribution in [1.29, 1.82) is 0 Å². The van der Waals surface area contributed by atoms with Crippen LogP contribution in [0.15, 0.2) is 0 Å². The summed E-state index contributed by atoms with van der Waals surface area (Å²) in [5.41, 5.74) is 1.79. The Bertz CT molecular complexity index is 497. The second-order valence-corrected chi connectivity index (χ2v) is 4.61. The number of nitrogens with zero attached hydrogens (tertiary/aromatic N) is 2. The minimum Gasteiger partial charge on any atom is -0.377 e. The molecule has 0 bridgehead atoms. The highest BCUT2D eigenvalue weighted by Crippen LogP contribution is 2.16. The van der Waals surface area contributed by atoms with Crippen molar-refractivity contribution in [3.05, 3.63) is 11.3 Å². The smallest absolute Gasteiger partial charge is 0.250 e. The van der Waals surface area contributed by atoms with Crippen molar-refractivity contribution in [3.8, 4) is 0 Å². The maximum Gasteiger partial charge on any atom is 0.250 e. The Labute approximate surface area is 111 Å². The SMILES string of the molecule is CC(=O)N1CCOCC1C(=O)Nc1n[nH]c(C)c1C. The Balaban J connectivity index is 2.10. The largest absolute Gasteiger partial charge is 0.377 e. The highest BCUT2D eigenvalue weighted by molar-refractivity contribution is 5.97. The predicted octanol–water partition coefficient (Wildman–Crippen LogP) is 0.212. The van der Waals surface area contributed by atoms with E-state index in [1.165, 1.54) is 11.8 Å². The molecule has 7 nitrogen and oxygen atoms in total. The van der Waals surface area contributed by atoms with Gasteiger partial charge < -0.3 is 15.0 Å². The van der Waals surface area contributed by atoms with Crippen molar-refractivity contribution in [3.63, 3.8) is 0 Å². The fraction of sp³-hybridized carbons (Fsp3) is 0.583. The number of amides is 2. The molecule has 0 saturated carbocycles. The summed E-state index contributed by atoms with van der Waals surface area (Å²) in [5.74, 6) is 0.0967. The van der Waals surface area contributed by atoms with E-state index in [1.807, 2.05) is 13.8 Å². The number of hydrogen-bond donors (Lipinski definition) is 2. The molecule has 104 valence electrons. The molecule has 2 amide bonds. The van der Waals surface area contributed by atoms with E-state index in [0.29, 0.717) is 19.0 Å². The van der Waals surface area contributed by atoms with Crippen LogP contribution in [0.3, 0.4) is 0 Å². The minimum absolute atomic E-state index is 0.126. The van der Waals surface area contributed by atoms with Crippen LogP contribution in [-0.4, -0.2) is 52.7 Å². The van der Waals surface area contributed by atoms with Gasteiger partial charge in [0.05, 0.1) is 13.2 Å². The number of ether oxygens (including phenoxy) is 1. The summed E-state index contributed by atoms with van der Waals surface area (Å²) in [4.78, 5) is 25.2. The van der Waals surface area contributed by atoms with Gasteiger partial charge in [-0.25, -0.2) is 0 Å². The van der Waals surface area contributed by atoms with Crippen LogP contribution in [0.25, 0.3) is 0 Å². The number of aryl methyl sites for hydroxylation is 1. The van der Waals surface area contributed by atoms with Crippen molar-refractivity contribution in [2.24, 2.45) is 0 Å². The molecule has 0 aliphatic carbocycles. The van der Waals surface area contributed by atoms with Crippen molar-refractivity contribution >= 4 is 17.6 Å². The van der Waals surface area contributed by atoms with Crippen molar-refractivity contribution in [2.45, 2.75) is 26.8 Å². The number of H-pyrrole nitrogens is 1. The first-order valence-electron chi connectivity index (χ1n) is 6.18. The van der Waals surface area contributed by atoms with Crippen molar-refractivity contribution < 1.29 is 14.3 Å². The second-order valence-electron chi connectivity index (χ2n) is 4.61. The Kier molecular flexibility index (Phi) is 3.84. The third-order valence-electron chi connectivity index (χ3n) is 3.33. The van der Waals surface area contributed by atoms with E-state index in [0.717, 1.165) is 11.3 Å². The van der Waals surface area contributed by atoms with Crippen LogP contribution in [0.1, 0.15) is 18.2 Å². The molecule has 1 aromatic rings. The molecular formula is C12H18N4O3. The predicted molar refractivity (Wildman–Crippen MR) is 68.7 cm³/mol. The molecule has 0 spiro atoms. The van der Waals surface area contributed by atoms with Gasteiger partial charge in [-0.05, 0) is 13.8 Å². The van der Waals surface area contributed by atoms with E-state index >= 15 is 0 Å². The Hall–Kier alpha value is -1.89. The fourth-order valence-corrected chi connectivity index (χ4v) is 2.00. The van der Waals surface area contributed by atoms with Crippen LogP contribution in [0.4, 0.5) is 5.82 Å². The summed E-state index contributed by atoms with van der Waals surface area (Å²) in [6.07, 6.45) is 0. The number of rotatable bonds is 2. The maximum atomic E-state index is 12.2. The van der Waals surface area contributed by atoms with Gasteiger partial charge >= 0.3 is 0 Å². The van der Waals surface area contributed by atoms with Gasteiger partial charge in [0.1, 0.15) is 6.04 Å². The highest BCUT2D eigenvalue weighted by Gasteiger charge is 2.31. The average Bonchev–Trinajstić information content (AvgIpc) is 2.70. The molecule has 0 radical (unpaired) electrons. The first kappa shape index (κ1) is 13.5. The molecule has 2 N–H and O–H groups in total. The lowest BCUT2D eigenvalue weighted by molar-refractivity contribution is -0.144. The van der Waals surface area contributed by atoms with E-state index in [2.05, 4.69) is 15.5 Å². The number of morpholine rings is 1. The number of anilines is 1. The molecular weight excluding hydrogens is 248 g/mol. The molecule has 1 unspecified atom stereocenters. The number of aromatic nitrogens is 2. The summed E-state index contributed by atoms with van der Waals surface area (Å²) in [5, 5.41) is 9.55. The van der Waals surface area contributed by atoms with Crippen LogP contribution in [0, 0.1) is 13.8 Å². The summed E-state index contributed by atoms with van der Waals surface area (Å²) in [6, 6.07) is -0.595. The van der Waals surface area contributed by atoms with Crippen LogP contribution in [0.5, 0.6) is 0 Å². The van der Waals surface area contributed by atoms with Gasteiger partial charge in [-0.2, -0.15) is 5.10 Å². The zero-order chi connectivity index (χ0) is 14.0. The fourth-order valence-electron chi connectivity index (χ4n) is 2.00. The lowest BCUT2D eigenvalue weighted by Crippen LogP contribution is -2.53. The summed E-state index contributed by atoms with van der Waals surface area (Å²) in [6.45, 7) is 6.32. The number of carbonyl (C=O) groups is 2. The molecule has 19 heavy (non-hydrogen) atoms. The highest BCUT2D eigenvalue weighted by atomic mass is 16.5. The van der Waals surface area contributed by atoms with E-state index in [9.17, 15) is 9.59 Å². The lowest BCUT2D eigenvalue weighted by Gasteiger charge is -2.33. The number of hydrogen-bond acceptors (Lipinski definition) is 4. The first-order valence-corrected chi connectivity index (χ1v) is 6.18. The van der Waals surface area contributed by atoms with Gasteiger partial charge in [0.2, 0.25) is 5.91 Å². The van der Waals surface area contributed by atoms with Gasteiger partial charge in [-0.3, -0.25) is 14.7 Å². The van der Waals surface area contributed by atoms with Gasteiger partial charge in [0.25, 0.3) is 5.91 Å². The second kappa shape index (κ2) is 5.40. The third-order valence-corrected chi connectivity index (χ3v) is 3.33. The van der Waals surface area contributed by atoms with Crippen LogP contribution < -0.4 is 5.32 Å². The molecule has 1 atom stereocenters. The molecule has 1 aliphatic rings. The monoisotopic (exact) mass is 266 g/mol. The van der Waals surface area contributed by atoms with Gasteiger partial charge in [0.15, 0.2) is 5.82 Å². The molecule has 1 aromatic heterocycles. The summed E-state index contributed by atoms with van der Waals surface area (Å²) < 4.78 is 5.27. The van der Waals surface area contributed by atoms with E-state index < -0.39 is 6.04 Å². The molecule has 1 aliphatic heterocycles. The zero-order valence-electron chi connectivity index (χ0n) is 11.3. The molecule has 2 rings (SSSR count). The number of carbonyl (C=O) groups excluding carboxylic acids is 2. The quantitative estimate of drug-likeness (QED) is 0.801. The Morgan fingerprint density at radius 2 is 2.21 bits per heavy atom. The topological polar surface area (TPSA) is 87.3 Å². The Morgan fingerprint density at radius 3 is 2.79 bits per heavy atom. The van der Waals surface area contributed by atoms with Crippen molar-refractivity contribution in [2.75, 3.05) is 25.1 Å². The van der Waals surface area contributed by atoms with Crippen molar-refractivity contribution in [1.82, 2.24) is 15.1 Å². The van der Waals surface area contributed by atoms with E-state index in [-0.39, 0.29) is 18.4 Å². The summed E-state index contributed by atoms with van der Waals surface area (Å²) >= 11 is 0. The van der Waals surface area contributed by atoms with Crippen LogP contribution >= 0.6 is 0 Å². The molecule has 0 aromatic carbocycles. The molecule has 1 fully saturated rings. The van der Waals surface area contributed by atoms with Crippen LogP contribution in [0.2, 0.25) is 0 Å². The number of aromatic amines is 1. The van der Waals surface area contributed by atoms with Gasteiger partial charge in [0, 0.05) is 24.7 Å². The lowest BCUT2D eigenvalue weighted by atomic mass is 10.2. The van der Waals surface area contributed by atoms with E-state index in [4.69, 9.17) is 4.74 Å². The van der Waals surface area contributed by atoms with E-state index in [1.54, 1.807) is 0 Å². The maximum absolute atomic E-state index is 12.2. The first-order chi connectivity index (χ1) is 9.00. The molecule has 7 heteroatoms. The zero-order valence-corrected chi connectivity index (χ0v) is 11.3. The Morgan fingerprint density at radius 1 is 1.47 bits per heavy atom.